The van der Waals surface area contributed by atoms with Crippen LogP contribution < -0.4 is 11.1 Å². The fourth-order valence-electron chi connectivity index (χ4n) is 1.32. The predicted molar refractivity (Wildman–Crippen MR) is 61.0 cm³/mol. The molecule has 78 valence electrons. The van der Waals surface area contributed by atoms with Crippen LogP contribution in [-0.4, -0.2) is 24.8 Å². The molecule has 1 unspecified atom stereocenters. The summed E-state index contributed by atoms with van der Waals surface area (Å²) in [5.41, 5.74) is 6.78. The molecule has 0 heterocycles. The van der Waals surface area contributed by atoms with Crippen molar-refractivity contribution in [2.24, 2.45) is 5.73 Å². The van der Waals surface area contributed by atoms with Crippen LogP contribution in [-0.2, 0) is 0 Å². The minimum Gasteiger partial charge on any atom is -0.395 e. The summed E-state index contributed by atoms with van der Waals surface area (Å²) in [5.74, 6) is 0. The maximum atomic E-state index is 8.71. The van der Waals surface area contributed by atoms with Crippen molar-refractivity contribution in [2.75, 3.05) is 19.7 Å². The molecule has 0 spiro atoms. The Labute approximate surface area is 92.4 Å². The molecule has 0 fully saturated rings. The molecule has 0 aliphatic heterocycles. The van der Waals surface area contributed by atoms with Crippen molar-refractivity contribution in [2.45, 2.75) is 6.04 Å². The van der Waals surface area contributed by atoms with Crippen molar-refractivity contribution in [1.82, 2.24) is 5.32 Å². The van der Waals surface area contributed by atoms with E-state index in [-0.39, 0.29) is 12.6 Å². The Bertz CT molecular complexity index is 281. The van der Waals surface area contributed by atoms with Crippen LogP contribution in [0.25, 0.3) is 0 Å². The first-order chi connectivity index (χ1) is 6.79. The lowest BCUT2D eigenvalue weighted by molar-refractivity contribution is 0.285. The van der Waals surface area contributed by atoms with Gasteiger partial charge in [0.1, 0.15) is 0 Å². The lowest BCUT2D eigenvalue weighted by Gasteiger charge is -2.17. The minimum absolute atomic E-state index is 0.0951. The van der Waals surface area contributed by atoms with Gasteiger partial charge >= 0.3 is 0 Å². The number of hydrogen-bond acceptors (Lipinski definition) is 3. The number of nitrogens with two attached hydrogens (primary N) is 1. The zero-order chi connectivity index (χ0) is 10.4. The summed E-state index contributed by atoms with van der Waals surface area (Å²) in [7, 11) is 0. The Balaban J connectivity index is 2.73. The van der Waals surface area contributed by atoms with Crippen molar-refractivity contribution in [3.63, 3.8) is 0 Å². The van der Waals surface area contributed by atoms with Crippen LogP contribution in [0.1, 0.15) is 11.6 Å². The molecule has 1 aromatic rings. The minimum atomic E-state index is 0.0951. The number of rotatable bonds is 5. The van der Waals surface area contributed by atoms with Gasteiger partial charge in [0.2, 0.25) is 0 Å². The molecular formula is C10H15BrN2O. The Kier molecular flexibility index (Phi) is 5.11. The van der Waals surface area contributed by atoms with E-state index in [9.17, 15) is 0 Å². The molecule has 0 aliphatic carbocycles. The molecule has 0 bridgehead atoms. The molecule has 14 heavy (non-hydrogen) atoms. The highest BCUT2D eigenvalue weighted by Gasteiger charge is 2.10. The molecule has 4 heteroatoms. The quantitative estimate of drug-likeness (QED) is 0.740. The first kappa shape index (κ1) is 11.7. The summed E-state index contributed by atoms with van der Waals surface area (Å²) < 4.78 is 1.04. The maximum absolute atomic E-state index is 8.71. The highest BCUT2D eigenvalue weighted by molar-refractivity contribution is 9.10. The fraction of sp³-hybridized carbons (Fsp3) is 0.400. The van der Waals surface area contributed by atoms with Crippen molar-refractivity contribution in [3.05, 3.63) is 34.3 Å². The highest BCUT2D eigenvalue weighted by atomic mass is 79.9. The van der Waals surface area contributed by atoms with Crippen LogP contribution in [0.5, 0.6) is 0 Å². The van der Waals surface area contributed by atoms with Crippen LogP contribution >= 0.6 is 15.9 Å². The fourth-order valence-corrected chi connectivity index (χ4v) is 1.88. The SMILES string of the molecule is NCC(NCCO)c1ccccc1Br. The smallest absolute Gasteiger partial charge is 0.0556 e. The number of benzene rings is 1. The van der Waals surface area contributed by atoms with Gasteiger partial charge in [0, 0.05) is 23.6 Å². The average molecular weight is 259 g/mol. The van der Waals surface area contributed by atoms with Gasteiger partial charge in [0.05, 0.1) is 6.61 Å². The third-order valence-electron chi connectivity index (χ3n) is 2.02. The summed E-state index contributed by atoms with van der Waals surface area (Å²) in [6, 6.07) is 8.04. The van der Waals surface area contributed by atoms with E-state index in [0.29, 0.717) is 13.1 Å². The van der Waals surface area contributed by atoms with E-state index >= 15 is 0 Å². The largest absolute Gasteiger partial charge is 0.395 e. The van der Waals surface area contributed by atoms with Crippen LogP contribution in [0.4, 0.5) is 0 Å². The van der Waals surface area contributed by atoms with Gasteiger partial charge in [-0.3, -0.25) is 0 Å². The Hall–Kier alpha value is -0.420. The van der Waals surface area contributed by atoms with Crippen LogP contribution in [0.2, 0.25) is 0 Å². The molecule has 3 nitrogen and oxygen atoms in total. The number of nitrogens with one attached hydrogen (secondary N) is 1. The average Bonchev–Trinajstić information content (AvgIpc) is 2.21. The molecule has 0 radical (unpaired) electrons. The molecule has 1 rings (SSSR count). The van der Waals surface area contributed by atoms with E-state index < -0.39 is 0 Å². The van der Waals surface area contributed by atoms with Crippen molar-refractivity contribution in [3.8, 4) is 0 Å². The van der Waals surface area contributed by atoms with Crippen LogP contribution in [0.3, 0.4) is 0 Å². The summed E-state index contributed by atoms with van der Waals surface area (Å²) in [5, 5.41) is 11.9. The second kappa shape index (κ2) is 6.14. The van der Waals surface area contributed by atoms with Crippen molar-refractivity contribution < 1.29 is 5.11 Å². The van der Waals surface area contributed by atoms with Crippen LogP contribution in [0.15, 0.2) is 28.7 Å². The second-order valence-corrected chi connectivity index (χ2v) is 3.84. The second-order valence-electron chi connectivity index (χ2n) is 2.99. The summed E-state index contributed by atoms with van der Waals surface area (Å²) in [4.78, 5) is 0. The third-order valence-corrected chi connectivity index (χ3v) is 2.74. The highest BCUT2D eigenvalue weighted by Crippen LogP contribution is 2.22. The summed E-state index contributed by atoms with van der Waals surface area (Å²) >= 11 is 3.47. The zero-order valence-electron chi connectivity index (χ0n) is 7.91. The first-order valence-corrected chi connectivity index (χ1v) is 5.37. The van der Waals surface area contributed by atoms with E-state index in [1.54, 1.807) is 0 Å². The molecule has 0 saturated carbocycles. The van der Waals surface area contributed by atoms with E-state index in [0.717, 1.165) is 10.0 Å². The number of aliphatic hydroxyl groups is 1. The Morgan fingerprint density at radius 2 is 2.14 bits per heavy atom. The number of hydrogen-bond donors (Lipinski definition) is 3. The van der Waals surface area contributed by atoms with Gasteiger partial charge in [-0.15, -0.1) is 0 Å². The Morgan fingerprint density at radius 1 is 1.43 bits per heavy atom. The lowest BCUT2D eigenvalue weighted by atomic mass is 10.1. The molecule has 0 aromatic heterocycles. The standard InChI is InChI=1S/C10H15BrN2O/c11-9-4-2-1-3-8(9)10(7-12)13-5-6-14/h1-4,10,13-14H,5-7,12H2. The molecule has 1 aromatic carbocycles. The zero-order valence-corrected chi connectivity index (χ0v) is 9.50. The summed E-state index contributed by atoms with van der Waals surface area (Å²) in [6.07, 6.45) is 0. The van der Waals surface area contributed by atoms with Gasteiger partial charge in [-0.2, -0.15) is 0 Å². The monoisotopic (exact) mass is 258 g/mol. The van der Waals surface area contributed by atoms with Crippen molar-refractivity contribution in [1.29, 1.82) is 0 Å². The van der Waals surface area contributed by atoms with E-state index in [4.69, 9.17) is 10.8 Å². The van der Waals surface area contributed by atoms with Gasteiger partial charge in [0.25, 0.3) is 0 Å². The molecular weight excluding hydrogens is 244 g/mol. The van der Waals surface area contributed by atoms with Gasteiger partial charge in [-0.25, -0.2) is 0 Å². The van der Waals surface area contributed by atoms with Crippen molar-refractivity contribution >= 4 is 15.9 Å². The van der Waals surface area contributed by atoms with E-state index in [2.05, 4.69) is 21.2 Å². The topological polar surface area (TPSA) is 58.3 Å². The molecule has 0 amide bonds. The molecule has 0 saturated heterocycles. The first-order valence-electron chi connectivity index (χ1n) is 4.58. The third kappa shape index (κ3) is 3.06. The molecule has 0 aliphatic rings. The summed E-state index contributed by atoms with van der Waals surface area (Å²) in [6.45, 7) is 1.20. The number of aliphatic hydroxyl groups excluding tert-OH is 1. The molecule has 4 N–H and O–H groups in total. The predicted octanol–water partition coefficient (Wildman–Crippen LogP) is 1.03. The van der Waals surface area contributed by atoms with Gasteiger partial charge in [-0.1, -0.05) is 34.1 Å². The van der Waals surface area contributed by atoms with E-state index in [1.165, 1.54) is 0 Å². The van der Waals surface area contributed by atoms with Gasteiger partial charge in [-0.05, 0) is 11.6 Å². The lowest BCUT2D eigenvalue weighted by Crippen LogP contribution is -2.30. The van der Waals surface area contributed by atoms with Gasteiger partial charge < -0.3 is 16.2 Å². The van der Waals surface area contributed by atoms with Crippen LogP contribution in [0, 0.1) is 0 Å². The van der Waals surface area contributed by atoms with Gasteiger partial charge in [0.15, 0.2) is 0 Å². The van der Waals surface area contributed by atoms with E-state index in [1.807, 2.05) is 24.3 Å². The normalized spacial score (nSPS) is 12.8. The molecule has 1 atom stereocenters. The Morgan fingerprint density at radius 3 is 2.71 bits per heavy atom. The maximum Gasteiger partial charge on any atom is 0.0556 e. The number of halogens is 1.